The van der Waals surface area contributed by atoms with E-state index in [4.69, 9.17) is 4.74 Å². The summed E-state index contributed by atoms with van der Waals surface area (Å²) in [5.74, 6) is 1.31. The predicted octanol–water partition coefficient (Wildman–Crippen LogP) is 4.62. The van der Waals surface area contributed by atoms with Gasteiger partial charge in [-0.25, -0.2) is 9.50 Å². The lowest BCUT2D eigenvalue weighted by Crippen LogP contribution is -2.46. The number of hydrogen-bond acceptors (Lipinski definition) is 6. The molecule has 0 radical (unpaired) electrons. The Hall–Kier alpha value is -4.10. The molecule has 0 bridgehead atoms. The number of anilines is 1. The molecule has 0 aliphatic carbocycles. The van der Waals surface area contributed by atoms with Crippen LogP contribution >= 0.6 is 0 Å². The van der Waals surface area contributed by atoms with Crippen LogP contribution in [0.3, 0.4) is 0 Å². The predicted molar refractivity (Wildman–Crippen MR) is 129 cm³/mol. The second-order valence-electron chi connectivity index (χ2n) is 8.57. The average molecular weight is 493 g/mol. The minimum atomic E-state index is -4.46. The topological polar surface area (TPSA) is 69.7 Å². The molecule has 0 N–H and O–H groups in total. The molecule has 184 valence electrons. The van der Waals surface area contributed by atoms with Crippen LogP contribution < -0.4 is 9.64 Å². The summed E-state index contributed by atoms with van der Waals surface area (Å²) >= 11 is 0. The fraction of sp³-hybridized carbons (Fsp3) is 0.269. The standard InChI is InChI=1S/C26H23F3N6O/c1-36-21-7-2-4-18(14-21)17-33-10-12-34(13-11-33)25-22(16-30)24-31-9-8-23(35(24)32-25)19-5-3-6-20(15-19)26(27,28)29/h2-9,14-15H,10-13,17H2,1H3. The van der Waals surface area contributed by atoms with E-state index in [1.54, 1.807) is 19.2 Å². The van der Waals surface area contributed by atoms with Gasteiger partial charge in [-0.3, -0.25) is 4.90 Å². The number of benzene rings is 2. The van der Waals surface area contributed by atoms with Crippen molar-refractivity contribution in [3.05, 3.63) is 77.5 Å². The van der Waals surface area contributed by atoms with Gasteiger partial charge >= 0.3 is 6.18 Å². The summed E-state index contributed by atoms with van der Waals surface area (Å²) in [5, 5.41) is 14.6. The van der Waals surface area contributed by atoms with Gasteiger partial charge in [0.15, 0.2) is 11.5 Å². The highest BCUT2D eigenvalue weighted by atomic mass is 19.4. The SMILES string of the molecule is COc1cccc(CN2CCN(c3nn4c(-c5cccc(C(F)(F)F)c5)ccnc4c3C#N)CC2)c1. The van der Waals surface area contributed by atoms with Crippen LogP contribution in [0.4, 0.5) is 19.0 Å². The third kappa shape index (κ3) is 4.57. The van der Waals surface area contributed by atoms with Crippen molar-refractivity contribution in [3.8, 4) is 23.1 Å². The number of ether oxygens (including phenoxy) is 1. The zero-order valence-corrected chi connectivity index (χ0v) is 19.5. The molecule has 0 amide bonds. The summed E-state index contributed by atoms with van der Waals surface area (Å²) in [7, 11) is 1.65. The highest BCUT2D eigenvalue weighted by Crippen LogP contribution is 2.33. The molecule has 1 aliphatic heterocycles. The van der Waals surface area contributed by atoms with E-state index < -0.39 is 11.7 Å². The molecule has 0 atom stereocenters. The van der Waals surface area contributed by atoms with Crippen molar-refractivity contribution in [2.24, 2.45) is 0 Å². The van der Waals surface area contributed by atoms with Gasteiger partial charge in [0.1, 0.15) is 17.4 Å². The van der Waals surface area contributed by atoms with E-state index in [1.165, 1.54) is 16.8 Å². The minimum absolute atomic E-state index is 0.310. The Morgan fingerprint density at radius 1 is 1.03 bits per heavy atom. The molecule has 1 saturated heterocycles. The Kier molecular flexibility index (Phi) is 6.24. The third-order valence-electron chi connectivity index (χ3n) is 6.31. The van der Waals surface area contributed by atoms with E-state index in [-0.39, 0.29) is 0 Å². The van der Waals surface area contributed by atoms with Gasteiger partial charge in [0.25, 0.3) is 0 Å². The van der Waals surface area contributed by atoms with E-state index in [9.17, 15) is 18.4 Å². The van der Waals surface area contributed by atoms with E-state index >= 15 is 0 Å². The molecule has 2 aromatic carbocycles. The van der Waals surface area contributed by atoms with Gasteiger partial charge in [-0.15, -0.1) is 5.10 Å². The zero-order chi connectivity index (χ0) is 25.3. The fourth-order valence-electron chi connectivity index (χ4n) is 4.48. The first-order chi connectivity index (χ1) is 17.4. The monoisotopic (exact) mass is 492 g/mol. The fourth-order valence-corrected chi connectivity index (χ4v) is 4.48. The third-order valence-corrected chi connectivity index (χ3v) is 6.31. The number of aromatic nitrogens is 3. The largest absolute Gasteiger partial charge is 0.497 e. The number of rotatable bonds is 5. The maximum Gasteiger partial charge on any atom is 0.416 e. The van der Waals surface area contributed by atoms with Gasteiger partial charge < -0.3 is 9.64 Å². The highest BCUT2D eigenvalue weighted by molar-refractivity contribution is 5.73. The zero-order valence-electron chi connectivity index (χ0n) is 19.5. The molecule has 2 aromatic heterocycles. The first-order valence-electron chi connectivity index (χ1n) is 11.4. The number of methoxy groups -OCH3 is 1. The van der Waals surface area contributed by atoms with Crippen LogP contribution in [0.15, 0.2) is 60.8 Å². The Bertz CT molecular complexity index is 1430. The number of halogens is 3. The molecule has 36 heavy (non-hydrogen) atoms. The first-order valence-corrected chi connectivity index (χ1v) is 11.4. The van der Waals surface area contributed by atoms with Crippen LogP contribution in [0.1, 0.15) is 16.7 Å². The molecular formula is C26H23F3N6O. The summed E-state index contributed by atoms with van der Waals surface area (Å²) in [6.45, 7) is 3.62. The van der Waals surface area contributed by atoms with Crippen LogP contribution in [0, 0.1) is 11.3 Å². The molecular weight excluding hydrogens is 469 g/mol. The number of nitriles is 1. The quantitative estimate of drug-likeness (QED) is 0.405. The summed E-state index contributed by atoms with van der Waals surface area (Å²) < 4.78 is 46.6. The normalized spacial score (nSPS) is 14.7. The van der Waals surface area contributed by atoms with Crippen molar-refractivity contribution in [2.75, 3.05) is 38.2 Å². The van der Waals surface area contributed by atoms with E-state index in [0.29, 0.717) is 41.4 Å². The van der Waals surface area contributed by atoms with Crippen molar-refractivity contribution >= 4 is 11.5 Å². The summed E-state index contributed by atoms with van der Waals surface area (Å²) in [6, 6.07) is 16.8. The van der Waals surface area contributed by atoms with Crippen LogP contribution in [-0.4, -0.2) is 52.8 Å². The van der Waals surface area contributed by atoms with Crippen molar-refractivity contribution in [1.29, 1.82) is 5.26 Å². The number of alkyl halides is 3. The van der Waals surface area contributed by atoms with E-state index in [0.717, 1.165) is 43.1 Å². The van der Waals surface area contributed by atoms with Gasteiger partial charge in [0.05, 0.1) is 18.4 Å². The van der Waals surface area contributed by atoms with Gasteiger partial charge in [-0.05, 0) is 35.9 Å². The summed E-state index contributed by atoms with van der Waals surface area (Å²) in [4.78, 5) is 8.67. The van der Waals surface area contributed by atoms with Gasteiger partial charge in [0.2, 0.25) is 0 Å². The average Bonchev–Trinajstić information content (AvgIpc) is 3.27. The number of hydrogen-bond donors (Lipinski definition) is 0. The molecule has 1 fully saturated rings. The smallest absolute Gasteiger partial charge is 0.416 e. The number of fused-ring (bicyclic) bond motifs is 1. The van der Waals surface area contributed by atoms with Gasteiger partial charge in [-0.2, -0.15) is 18.4 Å². The van der Waals surface area contributed by atoms with Gasteiger partial charge in [-0.1, -0.05) is 24.3 Å². The Morgan fingerprint density at radius 3 is 2.53 bits per heavy atom. The second kappa shape index (κ2) is 9.51. The second-order valence-corrected chi connectivity index (χ2v) is 8.57. The lowest BCUT2D eigenvalue weighted by atomic mass is 10.1. The molecule has 0 saturated carbocycles. The Morgan fingerprint density at radius 2 is 1.81 bits per heavy atom. The molecule has 7 nitrogen and oxygen atoms in total. The van der Waals surface area contributed by atoms with Crippen molar-refractivity contribution in [3.63, 3.8) is 0 Å². The Balaban J connectivity index is 1.41. The molecule has 0 spiro atoms. The van der Waals surface area contributed by atoms with E-state index in [2.05, 4.69) is 27.1 Å². The molecule has 0 unspecified atom stereocenters. The molecule has 1 aliphatic rings. The lowest BCUT2D eigenvalue weighted by Gasteiger charge is -2.35. The van der Waals surface area contributed by atoms with Crippen LogP contribution in [0.5, 0.6) is 5.75 Å². The van der Waals surface area contributed by atoms with Crippen LogP contribution in [0.25, 0.3) is 16.9 Å². The number of nitrogens with zero attached hydrogens (tertiary/aromatic N) is 6. The summed E-state index contributed by atoms with van der Waals surface area (Å²) in [6.07, 6.45) is -2.97. The molecule has 3 heterocycles. The lowest BCUT2D eigenvalue weighted by molar-refractivity contribution is -0.137. The van der Waals surface area contributed by atoms with Gasteiger partial charge in [0, 0.05) is 44.5 Å². The molecule has 5 rings (SSSR count). The maximum atomic E-state index is 13.3. The first kappa shape index (κ1) is 23.6. The van der Waals surface area contributed by atoms with Crippen molar-refractivity contribution in [1.82, 2.24) is 19.5 Å². The van der Waals surface area contributed by atoms with Crippen molar-refractivity contribution < 1.29 is 17.9 Å². The highest BCUT2D eigenvalue weighted by Gasteiger charge is 2.31. The summed E-state index contributed by atoms with van der Waals surface area (Å²) in [5.41, 5.74) is 1.82. The van der Waals surface area contributed by atoms with Crippen LogP contribution in [-0.2, 0) is 12.7 Å². The molecule has 10 heteroatoms. The number of piperazine rings is 1. The molecule has 4 aromatic rings. The van der Waals surface area contributed by atoms with E-state index in [1.807, 2.05) is 23.1 Å². The minimum Gasteiger partial charge on any atom is -0.497 e. The van der Waals surface area contributed by atoms with Crippen LogP contribution in [0.2, 0.25) is 0 Å². The maximum absolute atomic E-state index is 13.3. The Labute approximate surface area is 206 Å². The van der Waals surface area contributed by atoms with Crippen molar-refractivity contribution in [2.45, 2.75) is 12.7 Å².